The number of hydrogen-bond acceptors (Lipinski definition) is 10. The number of nitrogens with one attached hydrogen (secondary N) is 4. The summed E-state index contributed by atoms with van der Waals surface area (Å²) >= 11 is 0. The Kier molecular flexibility index (Phi) is 12.0. The summed E-state index contributed by atoms with van der Waals surface area (Å²) in [7, 11) is 2.59. The predicted octanol–water partition coefficient (Wildman–Crippen LogP) is 6.43. The van der Waals surface area contributed by atoms with Crippen molar-refractivity contribution in [3.8, 4) is 34.1 Å². The fourth-order valence-electron chi connectivity index (χ4n) is 8.17. The first-order valence-electron chi connectivity index (χ1n) is 20.2. The highest BCUT2D eigenvalue weighted by Gasteiger charge is 2.39. The lowest BCUT2D eigenvalue weighted by Gasteiger charge is -2.30. The van der Waals surface area contributed by atoms with Gasteiger partial charge in [-0.1, -0.05) is 52.7 Å². The number of carbonyl (C=O) groups is 4. The molecule has 4 aromatic rings. The zero-order valence-corrected chi connectivity index (χ0v) is 34.0. The average Bonchev–Trinajstić information content (AvgIpc) is 4.09. The first kappa shape index (κ1) is 40.3. The summed E-state index contributed by atoms with van der Waals surface area (Å²) in [5.74, 6) is 2.19. The Morgan fingerprint density at radius 3 is 1.81 bits per heavy atom. The Morgan fingerprint density at radius 2 is 1.29 bits per heavy atom. The summed E-state index contributed by atoms with van der Waals surface area (Å²) in [6.45, 7) is 9.03. The van der Waals surface area contributed by atoms with Gasteiger partial charge in [0.25, 0.3) is 0 Å². The molecule has 6 heterocycles. The number of likely N-dealkylation sites (tertiary alicyclic amines) is 2. The number of alkyl carbamates (subject to hydrolysis) is 2. The van der Waals surface area contributed by atoms with Crippen LogP contribution in [0.2, 0.25) is 0 Å². The molecule has 16 heteroatoms. The maximum Gasteiger partial charge on any atom is 0.407 e. The van der Waals surface area contributed by atoms with Crippen LogP contribution in [0.4, 0.5) is 9.59 Å². The molecule has 3 aliphatic heterocycles. The summed E-state index contributed by atoms with van der Waals surface area (Å²) < 4.78 is 16.0. The molecule has 0 bridgehead atoms. The monoisotopic (exact) mass is 795 g/mol. The van der Waals surface area contributed by atoms with E-state index in [1.54, 1.807) is 18.6 Å². The van der Waals surface area contributed by atoms with Crippen LogP contribution in [0, 0.1) is 11.8 Å². The number of carbonyl (C=O) groups excluding carboxylic acids is 4. The Hall–Kier alpha value is -5.93. The third-order valence-corrected chi connectivity index (χ3v) is 12.0. The summed E-state index contributed by atoms with van der Waals surface area (Å²) in [6, 6.07) is 6.23. The van der Waals surface area contributed by atoms with Crippen LogP contribution in [0.3, 0.4) is 0 Å². The van der Waals surface area contributed by atoms with E-state index < -0.39 is 24.3 Å². The van der Waals surface area contributed by atoms with Crippen molar-refractivity contribution in [2.45, 2.75) is 96.8 Å². The van der Waals surface area contributed by atoms with Crippen LogP contribution in [0.1, 0.15) is 101 Å². The lowest BCUT2D eigenvalue weighted by Crippen LogP contribution is -2.51. The first-order valence-corrected chi connectivity index (χ1v) is 20.2. The van der Waals surface area contributed by atoms with Gasteiger partial charge in [0.1, 0.15) is 29.5 Å². The predicted molar refractivity (Wildman–Crippen MR) is 214 cm³/mol. The van der Waals surface area contributed by atoms with Gasteiger partial charge < -0.3 is 44.6 Å². The number of H-pyrrole nitrogens is 2. The van der Waals surface area contributed by atoms with Crippen LogP contribution < -0.4 is 15.4 Å². The third kappa shape index (κ3) is 8.09. The molecular formula is C42H53N9O7. The van der Waals surface area contributed by atoms with Gasteiger partial charge in [-0.25, -0.2) is 24.5 Å². The largest absolute Gasteiger partial charge is 0.453 e. The van der Waals surface area contributed by atoms with Gasteiger partial charge in [0.2, 0.25) is 17.7 Å². The molecule has 4 amide bonds. The lowest BCUT2D eigenvalue weighted by atomic mass is 9.97. The van der Waals surface area contributed by atoms with Gasteiger partial charge >= 0.3 is 12.2 Å². The summed E-state index contributed by atoms with van der Waals surface area (Å²) in [5.41, 5.74) is 5.27. The SMILES string of the molecule is CC[C@H](C)[C@H](NC(=O)OC)C(=O)N1CCC[C@H]1c1ncc(-c2cnc3c(c2)Cc2ccc(-c4cnc([C@@H]5CCCN5C(=O)[C@@H](NC(=O)OC)[C@@H](C)CC)[nH]4)cc2O3)[nH]1. The third-order valence-electron chi connectivity index (χ3n) is 12.0. The van der Waals surface area contributed by atoms with Crippen molar-refractivity contribution in [2.24, 2.45) is 11.8 Å². The lowest BCUT2D eigenvalue weighted by molar-refractivity contribution is -0.136. The van der Waals surface area contributed by atoms with E-state index in [9.17, 15) is 19.2 Å². The summed E-state index contributed by atoms with van der Waals surface area (Å²) in [5, 5.41) is 5.48. The van der Waals surface area contributed by atoms with E-state index in [-0.39, 0.29) is 35.7 Å². The molecule has 7 rings (SSSR count). The van der Waals surface area contributed by atoms with E-state index in [0.717, 1.165) is 72.2 Å². The Morgan fingerprint density at radius 1 is 0.759 bits per heavy atom. The zero-order chi connectivity index (χ0) is 41.1. The number of amides is 4. The maximum absolute atomic E-state index is 13.8. The van der Waals surface area contributed by atoms with Gasteiger partial charge in [0.15, 0.2) is 0 Å². The number of nitrogens with zero attached hydrogens (tertiary/aromatic N) is 5. The highest BCUT2D eigenvalue weighted by atomic mass is 16.5. The van der Waals surface area contributed by atoms with Crippen molar-refractivity contribution >= 4 is 24.0 Å². The minimum absolute atomic E-state index is 0.0701. The molecular weight excluding hydrogens is 743 g/mol. The molecule has 3 aromatic heterocycles. The normalized spacial score (nSPS) is 19.3. The molecule has 1 aromatic carbocycles. The molecule has 0 aliphatic carbocycles. The smallest absolute Gasteiger partial charge is 0.407 e. The standard InChI is InChI=1S/C42H53N9O7/c1-7-23(3)34(48-41(54)56-5)39(52)50-15-9-11-31(50)36-43-21-29(46-36)25-13-14-26-17-27-18-28(20-45-38(27)58-33(26)19-25)30-22-44-37(47-30)32-12-10-16-51(32)40(53)35(24(4)8-2)49-42(55)57-6/h13-14,18-24,31-32,34-35H,7-12,15-17H2,1-6H3,(H,43,46)(H,44,47)(H,48,54)(H,49,55)/t23-,24-,31-,32-,34-,35-/m0/s1. The van der Waals surface area contributed by atoms with E-state index in [1.807, 2.05) is 55.7 Å². The van der Waals surface area contributed by atoms with E-state index >= 15 is 0 Å². The molecule has 0 radical (unpaired) electrons. The van der Waals surface area contributed by atoms with Crippen LogP contribution in [0.25, 0.3) is 22.5 Å². The van der Waals surface area contributed by atoms with Gasteiger partial charge in [-0.15, -0.1) is 0 Å². The number of aromatic nitrogens is 5. The fourth-order valence-corrected chi connectivity index (χ4v) is 8.17. The Bertz CT molecular complexity index is 2000. The second-order valence-corrected chi connectivity index (χ2v) is 15.5. The molecule has 2 fully saturated rings. The maximum atomic E-state index is 13.8. The number of fused-ring (bicyclic) bond motifs is 2. The van der Waals surface area contributed by atoms with Crippen molar-refractivity contribution in [3.63, 3.8) is 0 Å². The number of benzene rings is 1. The number of ether oxygens (including phenoxy) is 3. The highest BCUT2D eigenvalue weighted by Crippen LogP contribution is 2.40. The van der Waals surface area contributed by atoms with Gasteiger partial charge in [-0.05, 0) is 55.2 Å². The van der Waals surface area contributed by atoms with Crippen molar-refractivity contribution in [3.05, 3.63) is 65.6 Å². The van der Waals surface area contributed by atoms with Crippen LogP contribution in [0.5, 0.6) is 11.6 Å². The van der Waals surface area contributed by atoms with Crippen molar-refractivity contribution in [2.75, 3.05) is 27.3 Å². The van der Waals surface area contributed by atoms with Crippen LogP contribution >= 0.6 is 0 Å². The number of pyridine rings is 1. The van der Waals surface area contributed by atoms with Crippen molar-refractivity contribution < 1.29 is 33.4 Å². The molecule has 308 valence electrons. The van der Waals surface area contributed by atoms with E-state index in [2.05, 4.69) is 26.7 Å². The van der Waals surface area contributed by atoms with Crippen LogP contribution in [-0.2, 0) is 25.5 Å². The molecule has 0 unspecified atom stereocenters. The second kappa shape index (κ2) is 17.3. The quantitative estimate of drug-likeness (QED) is 0.109. The number of imidazole rings is 2. The first-order chi connectivity index (χ1) is 28.0. The Labute approximate surface area is 337 Å². The van der Waals surface area contributed by atoms with Gasteiger partial charge in [0.05, 0.1) is 50.1 Å². The molecule has 0 spiro atoms. The minimum atomic E-state index is -0.694. The van der Waals surface area contributed by atoms with Crippen LogP contribution in [0.15, 0.2) is 42.9 Å². The second-order valence-electron chi connectivity index (χ2n) is 15.5. The van der Waals surface area contributed by atoms with Crippen LogP contribution in [-0.4, -0.2) is 98.1 Å². The molecule has 6 atom stereocenters. The molecule has 0 saturated carbocycles. The molecule has 58 heavy (non-hydrogen) atoms. The van der Waals surface area contributed by atoms with Gasteiger partial charge in [-0.2, -0.15) is 0 Å². The number of hydrogen-bond donors (Lipinski definition) is 4. The molecule has 2 saturated heterocycles. The van der Waals surface area contributed by atoms with Crippen molar-refractivity contribution in [1.29, 1.82) is 0 Å². The topological polar surface area (TPSA) is 197 Å². The number of aromatic amines is 2. The number of rotatable bonds is 12. The van der Waals surface area contributed by atoms with E-state index in [1.165, 1.54) is 14.2 Å². The molecule has 16 nitrogen and oxygen atoms in total. The summed E-state index contributed by atoms with van der Waals surface area (Å²) in [4.78, 5) is 76.3. The van der Waals surface area contributed by atoms with Gasteiger partial charge in [0, 0.05) is 42.4 Å². The average molecular weight is 796 g/mol. The zero-order valence-electron chi connectivity index (χ0n) is 34.0. The summed E-state index contributed by atoms with van der Waals surface area (Å²) in [6.07, 6.45) is 9.29. The Balaban J connectivity index is 1.03. The molecule has 3 aliphatic rings. The van der Waals surface area contributed by atoms with Gasteiger partial charge in [-0.3, -0.25) is 9.59 Å². The van der Waals surface area contributed by atoms with E-state index in [4.69, 9.17) is 29.2 Å². The fraction of sp³-hybridized carbons (Fsp3) is 0.500. The van der Waals surface area contributed by atoms with E-state index in [0.29, 0.717) is 42.8 Å². The highest BCUT2D eigenvalue weighted by molar-refractivity contribution is 5.87. The number of methoxy groups -OCH3 is 2. The van der Waals surface area contributed by atoms with Crippen molar-refractivity contribution in [1.82, 2.24) is 45.4 Å². The molecule has 4 N–H and O–H groups in total. The minimum Gasteiger partial charge on any atom is -0.453 e.